The van der Waals surface area contributed by atoms with Crippen molar-refractivity contribution in [1.82, 2.24) is 5.32 Å². The minimum atomic E-state index is -0.539. The topological polar surface area (TPSA) is 67.4 Å². The molecule has 0 unspecified atom stereocenters. The maximum absolute atomic E-state index is 12.9. The van der Waals surface area contributed by atoms with E-state index in [-0.39, 0.29) is 36.2 Å². The van der Waals surface area contributed by atoms with Gasteiger partial charge in [-0.25, -0.2) is 4.79 Å². The van der Waals surface area contributed by atoms with Gasteiger partial charge in [0, 0.05) is 11.6 Å². The standard InChI is InChI=1S/C23H28N2O3.ClH/c1-15-7-5-6-8-18(15)19-13-14-24-20(19)21(26)25-17-11-9-16(10-12-17)22(27)28-23(2,3)4;/h5-12,19-20,24H,13-14H2,1-4H3,(H,25,26);1H/t19-,20-;/m0./s1. The van der Waals surface area contributed by atoms with Crippen molar-refractivity contribution in [1.29, 1.82) is 0 Å². The molecule has 0 aromatic heterocycles. The Labute approximate surface area is 178 Å². The number of carbonyl (C=O) groups excluding carboxylic acids is 2. The van der Waals surface area contributed by atoms with Gasteiger partial charge in [-0.3, -0.25) is 4.79 Å². The van der Waals surface area contributed by atoms with Crippen molar-refractivity contribution in [2.75, 3.05) is 11.9 Å². The van der Waals surface area contributed by atoms with Crippen LogP contribution in [0.5, 0.6) is 0 Å². The Morgan fingerprint density at radius 3 is 2.34 bits per heavy atom. The molecule has 2 aromatic rings. The third-order valence-electron chi connectivity index (χ3n) is 4.88. The second kappa shape index (κ2) is 9.42. The molecule has 156 valence electrons. The van der Waals surface area contributed by atoms with E-state index in [4.69, 9.17) is 4.74 Å². The molecule has 1 fully saturated rings. The van der Waals surface area contributed by atoms with Crippen molar-refractivity contribution in [3.05, 3.63) is 65.2 Å². The van der Waals surface area contributed by atoms with Crippen LogP contribution in [-0.4, -0.2) is 30.1 Å². The van der Waals surface area contributed by atoms with Crippen LogP contribution < -0.4 is 10.6 Å². The summed E-state index contributed by atoms with van der Waals surface area (Å²) in [7, 11) is 0. The zero-order chi connectivity index (χ0) is 20.3. The largest absolute Gasteiger partial charge is 0.456 e. The van der Waals surface area contributed by atoms with Gasteiger partial charge >= 0.3 is 5.97 Å². The van der Waals surface area contributed by atoms with Crippen LogP contribution in [0.3, 0.4) is 0 Å². The number of esters is 1. The smallest absolute Gasteiger partial charge is 0.338 e. The minimum Gasteiger partial charge on any atom is -0.456 e. The summed E-state index contributed by atoms with van der Waals surface area (Å²) in [6, 6.07) is 14.7. The van der Waals surface area contributed by atoms with Crippen molar-refractivity contribution in [2.24, 2.45) is 0 Å². The predicted molar refractivity (Wildman–Crippen MR) is 118 cm³/mol. The molecule has 0 bridgehead atoms. The first-order chi connectivity index (χ1) is 13.2. The number of nitrogens with one attached hydrogen (secondary N) is 2. The minimum absolute atomic E-state index is 0. The summed E-state index contributed by atoms with van der Waals surface area (Å²) in [6.07, 6.45) is 0.931. The SMILES string of the molecule is Cc1ccccc1[C@@H]1CCN[C@@H]1C(=O)Nc1ccc(C(=O)OC(C)(C)C)cc1.Cl. The first-order valence-electron chi connectivity index (χ1n) is 9.68. The zero-order valence-corrected chi connectivity index (χ0v) is 18.1. The van der Waals surface area contributed by atoms with Crippen LogP contribution in [0.4, 0.5) is 5.69 Å². The number of carbonyl (C=O) groups is 2. The molecule has 0 spiro atoms. The molecule has 3 rings (SSSR count). The number of anilines is 1. The van der Waals surface area contributed by atoms with Crippen LogP contribution in [0.25, 0.3) is 0 Å². The predicted octanol–water partition coefficient (Wildman–Crippen LogP) is 4.46. The molecule has 2 N–H and O–H groups in total. The average molecular weight is 417 g/mol. The third kappa shape index (κ3) is 5.81. The van der Waals surface area contributed by atoms with Gasteiger partial charge in [0.2, 0.25) is 5.91 Å². The van der Waals surface area contributed by atoms with Gasteiger partial charge in [0.1, 0.15) is 5.60 Å². The third-order valence-corrected chi connectivity index (χ3v) is 4.88. The fourth-order valence-corrected chi connectivity index (χ4v) is 3.56. The second-order valence-electron chi connectivity index (χ2n) is 8.25. The fourth-order valence-electron chi connectivity index (χ4n) is 3.56. The van der Waals surface area contributed by atoms with Crippen molar-refractivity contribution in [3.8, 4) is 0 Å². The van der Waals surface area contributed by atoms with Gasteiger partial charge in [-0.1, -0.05) is 24.3 Å². The molecule has 6 heteroatoms. The Morgan fingerprint density at radius 1 is 1.07 bits per heavy atom. The number of amides is 1. The maximum atomic E-state index is 12.9. The summed E-state index contributed by atoms with van der Waals surface area (Å²) in [4.78, 5) is 25.0. The molecule has 1 amide bonds. The van der Waals surface area contributed by atoms with Gasteiger partial charge in [-0.05, 0) is 76.1 Å². The van der Waals surface area contributed by atoms with E-state index in [2.05, 4.69) is 29.7 Å². The summed E-state index contributed by atoms with van der Waals surface area (Å²) in [5, 5.41) is 6.29. The highest BCUT2D eigenvalue weighted by atomic mass is 35.5. The van der Waals surface area contributed by atoms with Gasteiger partial charge in [0.15, 0.2) is 0 Å². The Balaban J connectivity index is 0.00000300. The molecule has 5 nitrogen and oxygen atoms in total. The summed E-state index contributed by atoms with van der Waals surface area (Å²) >= 11 is 0. The quantitative estimate of drug-likeness (QED) is 0.722. The van der Waals surface area contributed by atoms with E-state index in [1.807, 2.05) is 32.9 Å². The molecule has 0 saturated carbocycles. The van der Waals surface area contributed by atoms with Gasteiger partial charge in [0.05, 0.1) is 11.6 Å². The number of ether oxygens (including phenoxy) is 1. The lowest BCUT2D eigenvalue weighted by molar-refractivity contribution is -0.118. The highest BCUT2D eigenvalue weighted by Gasteiger charge is 2.34. The molecule has 1 aliphatic rings. The average Bonchev–Trinajstić information content (AvgIpc) is 3.11. The summed E-state index contributed by atoms with van der Waals surface area (Å²) in [6.45, 7) is 8.39. The van der Waals surface area contributed by atoms with Crippen LogP contribution in [0.15, 0.2) is 48.5 Å². The van der Waals surface area contributed by atoms with Crippen LogP contribution in [0.1, 0.15) is 54.6 Å². The normalized spacial score (nSPS) is 18.6. The number of aryl methyl sites for hydroxylation is 1. The number of rotatable bonds is 4. The maximum Gasteiger partial charge on any atom is 0.338 e. The van der Waals surface area contributed by atoms with E-state index >= 15 is 0 Å². The molecule has 29 heavy (non-hydrogen) atoms. The lowest BCUT2D eigenvalue weighted by Gasteiger charge is -2.21. The first-order valence-corrected chi connectivity index (χ1v) is 9.68. The number of hydrogen-bond acceptors (Lipinski definition) is 4. The van der Waals surface area contributed by atoms with Gasteiger partial charge < -0.3 is 15.4 Å². The lowest BCUT2D eigenvalue weighted by atomic mass is 9.88. The Bertz CT molecular complexity index is 859. The molecule has 2 aromatic carbocycles. The fraction of sp³-hybridized carbons (Fsp3) is 0.391. The second-order valence-corrected chi connectivity index (χ2v) is 8.25. The van der Waals surface area contributed by atoms with Gasteiger partial charge in [0.25, 0.3) is 0 Å². The summed E-state index contributed by atoms with van der Waals surface area (Å²) in [5.41, 5.74) is 3.01. The van der Waals surface area contributed by atoms with Crippen LogP contribution in [0.2, 0.25) is 0 Å². The van der Waals surface area contributed by atoms with E-state index in [9.17, 15) is 9.59 Å². The van der Waals surface area contributed by atoms with E-state index < -0.39 is 5.60 Å². The highest BCUT2D eigenvalue weighted by molar-refractivity contribution is 5.96. The van der Waals surface area contributed by atoms with Crippen molar-refractivity contribution in [3.63, 3.8) is 0 Å². The Morgan fingerprint density at radius 2 is 1.72 bits per heavy atom. The van der Waals surface area contributed by atoms with E-state index in [1.54, 1.807) is 24.3 Å². The van der Waals surface area contributed by atoms with E-state index in [0.717, 1.165) is 13.0 Å². The highest BCUT2D eigenvalue weighted by Crippen LogP contribution is 2.30. The molecule has 0 radical (unpaired) electrons. The molecule has 1 saturated heterocycles. The van der Waals surface area contributed by atoms with Crippen LogP contribution in [0, 0.1) is 6.92 Å². The monoisotopic (exact) mass is 416 g/mol. The van der Waals surface area contributed by atoms with Crippen LogP contribution in [-0.2, 0) is 9.53 Å². The van der Waals surface area contributed by atoms with Crippen molar-refractivity contribution in [2.45, 2.75) is 51.7 Å². The molecular formula is C23H29ClN2O3. The summed E-state index contributed by atoms with van der Waals surface area (Å²) in [5.74, 6) is -0.277. The van der Waals surface area contributed by atoms with Gasteiger partial charge in [-0.15, -0.1) is 12.4 Å². The molecular weight excluding hydrogens is 388 g/mol. The first kappa shape index (κ1) is 22.9. The number of halogens is 1. The molecule has 1 heterocycles. The molecule has 0 aliphatic carbocycles. The van der Waals surface area contributed by atoms with Crippen LogP contribution >= 0.6 is 12.4 Å². The number of hydrogen-bond donors (Lipinski definition) is 2. The Kier molecular flexibility index (Phi) is 7.44. The van der Waals surface area contributed by atoms with Gasteiger partial charge in [-0.2, -0.15) is 0 Å². The molecule has 2 atom stereocenters. The number of benzene rings is 2. The van der Waals surface area contributed by atoms with Crippen molar-refractivity contribution < 1.29 is 14.3 Å². The van der Waals surface area contributed by atoms with E-state index in [0.29, 0.717) is 11.3 Å². The lowest BCUT2D eigenvalue weighted by Crippen LogP contribution is -2.39. The Hall–Kier alpha value is -2.37. The van der Waals surface area contributed by atoms with Crippen molar-refractivity contribution >= 4 is 30.0 Å². The summed E-state index contributed by atoms with van der Waals surface area (Å²) < 4.78 is 5.36. The molecule has 1 aliphatic heterocycles. The van der Waals surface area contributed by atoms with E-state index in [1.165, 1.54) is 11.1 Å². The zero-order valence-electron chi connectivity index (χ0n) is 17.3.